The van der Waals surface area contributed by atoms with Crippen LogP contribution in [0.5, 0.6) is 11.5 Å². The average Bonchev–Trinajstić information content (AvgIpc) is 3.26. The lowest BCUT2D eigenvalue weighted by Gasteiger charge is -2.17. The first-order valence-corrected chi connectivity index (χ1v) is 9.13. The maximum absolute atomic E-state index is 12.2. The van der Waals surface area contributed by atoms with Crippen LogP contribution in [0.25, 0.3) is 11.0 Å². The molecule has 2 aromatic carbocycles. The number of ether oxygens (including phenoxy) is 2. The molecule has 1 amide bonds. The number of carbonyl (C=O) groups is 1. The Labute approximate surface area is 163 Å². The fourth-order valence-electron chi connectivity index (χ4n) is 3.23. The number of aromatic amines is 1. The summed E-state index contributed by atoms with van der Waals surface area (Å²) in [6.07, 6.45) is 2.47. The molecule has 3 aromatic rings. The van der Waals surface area contributed by atoms with Crippen molar-refractivity contribution in [3.8, 4) is 23.3 Å². The number of H-pyrrole nitrogens is 1. The van der Waals surface area contributed by atoms with Crippen LogP contribution in [0.4, 0.5) is 0 Å². The van der Waals surface area contributed by atoms with E-state index in [1.54, 1.807) is 18.5 Å². The molecule has 4 rings (SSSR count). The standard InChI is InChI=1S/C22H21N3O3/c1-22(2)13-16-6-5-7-19(20(16)28-22)27-11-4-3-10-23-21(26)15-8-9-17-18(12-15)25-14-24-17/h5-9,12,14H,10-11,13H2,1-2H3,(H,23,26)(H,24,25). The summed E-state index contributed by atoms with van der Waals surface area (Å²) in [5.41, 5.74) is 3.16. The van der Waals surface area contributed by atoms with Crippen LogP contribution in [0.1, 0.15) is 29.8 Å². The van der Waals surface area contributed by atoms with Crippen LogP contribution < -0.4 is 14.8 Å². The van der Waals surface area contributed by atoms with Gasteiger partial charge < -0.3 is 19.8 Å². The van der Waals surface area contributed by atoms with Gasteiger partial charge in [-0.15, -0.1) is 0 Å². The summed E-state index contributed by atoms with van der Waals surface area (Å²) >= 11 is 0. The molecule has 0 unspecified atom stereocenters. The fourth-order valence-corrected chi connectivity index (χ4v) is 3.23. The first-order chi connectivity index (χ1) is 13.5. The molecule has 0 aliphatic carbocycles. The lowest BCUT2D eigenvalue weighted by atomic mass is 10.0. The highest BCUT2D eigenvalue weighted by atomic mass is 16.5. The minimum absolute atomic E-state index is 0.178. The van der Waals surface area contributed by atoms with E-state index in [4.69, 9.17) is 9.47 Å². The highest BCUT2D eigenvalue weighted by Crippen LogP contribution is 2.41. The van der Waals surface area contributed by atoms with Gasteiger partial charge in [0.1, 0.15) is 12.2 Å². The molecule has 6 nitrogen and oxygen atoms in total. The molecular formula is C22H21N3O3. The van der Waals surface area contributed by atoms with Gasteiger partial charge in [-0.05, 0) is 38.1 Å². The van der Waals surface area contributed by atoms with E-state index in [0.29, 0.717) is 11.3 Å². The van der Waals surface area contributed by atoms with Crippen LogP contribution in [0, 0.1) is 11.8 Å². The first-order valence-electron chi connectivity index (χ1n) is 9.13. The summed E-state index contributed by atoms with van der Waals surface area (Å²) in [7, 11) is 0. The minimum Gasteiger partial charge on any atom is -0.483 e. The second-order valence-electron chi connectivity index (χ2n) is 7.24. The monoisotopic (exact) mass is 375 g/mol. The van der Waals surface area contributed by atoms with E-state index >= 15 is 0 Å². The van der Waals surface area contributed by atoms with Crippen molar-refractivity contribution >= 4 is 16.9 Å². The average molecular weight is 375 g/mol. The van der Waals surface area contributed by atoms with Crippen LogP contribution in [0.2, 0.25) is 0 Å². The molecule has 1 aromatic heterocycles. The van der Waals surface area contributed by atoms with Gasteiger partial charge in [0.15, 0.2) is 11.5 Å². The van der Waals surface area contributed by atoms with Gasteiger partial charge in [-0.25, -0.2) is 4.98 Å². The molecule has 0 spiro atoms. The Balaban J connectivity index is 1.28. The van der Waals surface area contributed by atoms with Crippen LogP contribution in [0.3, 0.4) is 0 Å². The van der Waals surface area contributed by atoms with E-state index in [9.17, 15) is 4.79 Å². The molecule has 2 N–H and O–H groups in total. The summed E-state index contributed by atoms with van der Waals surface area (Å²) in [6.45, 7) is 4.60. The lowest BCUT2D eigenvalue weighted by Crippen LogP contribution is -2.24. The topological polar surface area (TPSA) is 76.2 Å². The molecule has 142 valence electrons. The van der Waals surface area contributed by atoms with Gasteiger partial charge in [-0.3, -0.25) is 4.79 Å². The van der Waals surface area contributed by atoms with E-state index in [2.05, 4.69) is 47.0 Å². The summed E-state index contributed by atoms with van der Waals surface area (Å²) in [4.78, 5) is 19.3. The summed E-state index contributed by atoms with van der Waals surface area (Å²) < 4.78 is 11.7. The van der Waals surface area contributed by atoms with Crippen molar-refractivity contribution in [2.45, 2.75) is 25.9 Å². The Bertz CT molecular complexity index is 1090. The normalized spacial score (nSPS) is 13.9. The highest BCUT2D eigenvalue weighted by Gasteiger charge is 2.32. The smallest absolute Gasteiger partial charge is 0.252 e. The Kier molecular flexibility index (Phi) is 4.66. The Morgan fingerprint density at radius 3 is 3.11 bits per heavy atom. The Morgan fingerprint density at radius 2 is 2.21 bits per heavy atom. The summed E-state index contributed by atoms with van der Waals surface area (Å²) in [5.74, 6) is 7.15. The van der Waals surface area contributed by atoms with E-state index in [1.807, 2.05) is 18.2 Å². The minimum atomic E-state index is -0.211. The fraction of sp³-hybridized carbons (Fsp3) is 0.273. The molecule has 28 heavy (non-hydrogen) atoms. The first kappa shape index (κ1) is 17.9. The SMILES string of the molecule is CC1(C)Cc2cccc(OCC#CCNC(=O)c3ccc4nc[nH]c4c3)c2O1. The van der Waals surface area contributed by atoms with Gasteiger partial charge in [0.25, 0.3) is 5.91 Å². The third-order valence-electron chi connectivity index (χ3n) is 4.50. The zero-order valence-electron chi connectivity index (χ0n) is 15.8. The number of imidazole rings is 1. The van der Waals surface area contributed by atoms with Crippen LogP contribution in [0.15, 0.2) is 42.7 Å². The largest absolute Gasteiger partial charge is 0.483 e. The number of hydrogen-bond acceptors (Lipinski definition) is 4. The van der Waals surface area contributed by atoms with Crippen molar-refractivity contribution in [2.24, 2.45) is 0 Å². The van der Waals surface area contributed by atoms with E-state index < -0.39 is 0 Å². The van der Waals surface area contributed by atoms with E-state index in [0.717, 1.165) is 28.8 Å². The summed E-state index contributed by atoms with van der Waals surface area (Å²) in [6, 6.07) is 11.2. The van der Waals surface area contributed by atoms with E-state index in [1.165, 1.54) is 0 Å². The van der Waals surface area contributed by atoms with Crippen LogP contribution >= 0.6 is 0 Å². The number of fused-ring (bicyclic) bond motifs is 2. The number of carbonyl (C=O) groups excluding carboxylic acids is 1. The van der Waals surface area contributed by atoms with Gasteiger partial charge in [0.05, 0.1) is 23.9 Å². The number of nitrogens with zero attached hydrogens (tertiary/aromatic N) is 1. The van der Waals surface area contributed by atoms with Crippen LogP contribution in [-0.4, -0.2) is 34.6 Å². The quantitative estimate of drug-likeness (QED) is 0.687. The Hall–Kier alpha value is -3.46. The van der Waals surface area contributed by atoms with Crippen molar-refractivity contribution in [3.63, 3.8) is 0 Å². The molecule has 0 atom stereocenters. The van der Waals surface area contributed by atoms with Gasteiger partial charge in [0.2, 0.25) is 0 Å². The number of amides is 1. The Morgan fingerprint density at radius 1 is 1.32 bits per heavy atom. The zero-order valence-corrected chi connectivity index (χ0v) is 15.8. The molecule has 0 bridgehead atoms. The van der Waals surface area contributed by atoms with Crippen molar-refractivity contribution < 1.29 is 14.3 Å². The molecule has 1 aliphatic heterocycles. The summed E-state index contributed by atoms with van der Waals surface area (Å²) in [5, 5.41) is 2.78. The second-order valence-corrected chi connectivity index (χ2v) is 7.24. The molecule has 0 saturated carbocycles. The van der Waals surface area contributed by atoms with Crippen LogP contribution in [-0.2, 0) is 6.42 Å². The molecule has 0 saturated heterocycles. The highest BCUT2D eigenvalue weighted by molar-refractivity contribution is 5.97. The lowest BCUT2D eigenvalue weighted by molar-refractivity contribution is 0.0958. The third-order valence-corrected chi connectivity index (χ3v) is 4.50. The van der Waals surface area contributed by atoms with Gasteiger partial charge in [-0.1, -0.05) is 24.0 Å². The number of nitrogens with one attached hydrogen (secondary N) is 2. The molecule has 2 heterocycles. The molecule has 0 fully saturated rings. The number of aromatic nitrogens is 2. The zero-order chi connectivity index (χ0) is 19.6. The van der Waals surface area contributed by atoms with E-state index in [-0.39, 0.29) is 24.7 Å². The van der Waals surface area contributed by atoms with Gasteiger partial charge >= 0.3 is 0 Å². The predicted molar refractivity (Wildman–Crippen MR) is 107 cm³/mol. The number of rotatable bonds is 4. The maximum Gasteiger partial charge on any atom is 0.252 e. The van der Waals surface area contributed by atoms with Gasteiger partial charge in [-0.2, -0.15) is 0 Å². The molecule has 6 heteroatoms. The predicted octanol–water partition coefficient (Wildman–Crippen LogP) is 3.09. The molecule has 0 radical (unpaired) electrons. The molecular weight excluding hydrogens is 354 g/mol. The third kappa shape index (κ3) is 3.79. The van der Waals surface area contributed by atoms with Crippen molar-refractivity contribution in [1.82, 2.24) is 15.3 Å². The van der Waals surface area contributed by atoms with Crippen molar-refractivity contribution in [2.75, 3.05) is 13.2 Å². The number of benzene rings is 2. The maximum atomic E-state index is 12.2. The van der Waals surface area contributed by atoms with Crippen molar-refractivity contribution in [1.29, 1.82) is 0 Å². The molecule has 1 aliphatic rings. The second kappa shape index (κ2) is 7.28. The van der Waals surface area contributed by atoms with Gasteiger partial charge in [0, 0.05) is 17.5 Å². The number of para-hydroxylation sites is 1. The number of hydrogen-bond donors (Lipinski definition) is 2. The van der Waals surface area contributed by atoms with Crippen molar-refractivity contribution in [3.05, 3.63) is 53.9 Å².